The molecular formula is C22H31F3N4O3. The van der Waals surface area contributed by atoms with Gasteiger partial charge in [0.2, 0.25) is 11.8 Å². The molecule has 1 fully saturated rings. The van der Waals surface area contributed by atoms with E-state index in [-0.39, 0.29) is 55.5 Å². The van der Waals surface area contributed by atoms with E-state index in [9.17, 15) is 27.6 Å². The molecule has 2 unspecified atom stereocenters. The first-order valence-electron chi connectivity index (χ1n) is 10.8. The van der Waals surface area contributed by atoms with E-state index in [4.69, 9.17) is 0 Å². The minimum atomic E-state index is -4.50. The Balaban J connectivity index is 1.97. The van der Waals surface area contributed by atoms with Crippen LogP contribution in [0.3, 0.4) is 0 Å². The van der Waals surface area contributed by atoms with Gasteiger partial charge in [-0.05, 0) is 24.1 Å². The molecule has 0 radical (unpaired) electrons. The van der Waals surface area contributed by atoms with Gasteiger partial charge in [0.1, 0.15) is 6.04 Å². The van der Waals surface area contributed by atoms with E-state index in [1.807, 2.05) is 13.8 Å². The molecule has 32 heavy (non-hydrogen) atoms. The molecule has 2 atom stereocenters. The number of halogens is 3. The largest absolute Gasteiger partial charge is 0.416 e. The van der Waals surface area contributed by atoms with Crippen LogP contribution in [-0.2, 0) is 15.8 Å². The maximum Gasteiger partial charge on any atom is 0.416 e. The minimum absolute atomic E-state index is 0.0487. The fraction of sp³-hybridized carbons (Fsp3) is 0.591. The summed E-state index contributed by atoms with van der Waals surface area (Å²) in [6.45, 7) is 8.40. The zero-order chi connectivity index (χ0) is 24.1. The average molecular weight is 457 g/mol. The Morgan fingerprint density at radius 1 is 1.03 bits per heavy atom. The number of urea groups is 1. The highest BCUT2D eigenvalue weighted by Gasteiger charge is 2.33. The zero-order valence-corrected chi connectivity index (χ0v) is 18.8. The Morgan fingerprint density at radius 3 is 2.16 bits per heavy atom. The van der Waals surface area contributed by atoms with Gasteiger partial charge in [-0.3, -0.25) is 9.59 Å². The van der Waals surface area contributed by atoms with Gasteiger partial charge in [-0.25, -0.2) is 4.79 Å². The van der Waals surface area contributed by atoms with Gasteiger partial charge in [-0.2, -0.15) is 13.2 Å². The van der Waals surface area contributed by atoms with E-state index in [0.29, 0.717) is 6.42 Å². The zero-order valence-electron chi connectivity index (χ0n) is 18.8. The molecule has 2 N–H and O–H groups in total. The lowest BCUT2D eigenvalue weighted by Gasteiger charge is -2.37. The number of amides is 4. The van der Waals surface area contributed by atoms with E-state index in [1.54, 1.807) is 18.7 Å². The highest BCUT2D eigenvalue weighted by molar-refractivity contribution is 5.90. The van der Waals surface area contributed by atoms with Gasteiger partial charge >= 0.3 is 12.2 Å². The molecule has 1 aromatic rings. The summed E-state index contributed by atoms with van der Waals surface area (Å²) >= 11 is 0. The summed E-state index contributed by atoms with van der Waals surface area (Å²) in [6, 6.07) is 3.28. The van der Waals surface area contributed by atoms with Crippen molar-refractivity contribution in [3.8, 4) is 0 Å². The molecular weight excluding hydrogens is 425 g/mol. The van der Waals surface area contributed by atoms with E-state index >= 15 is 0 Å². The summed E-state index contributed by atoms with van der Waals surface area (Å²) in [5.74, 6) is -0.674. The van der Waals surface area contributed by atoms with Gasteiger partial charge < -0.3 is 20.4 Å². The van der Waals surface area contributed by atoms with Crippen LogP contribution in [0, 0.1) is 11.8 Å². The normalized spacial score (nSPS) is 16.5. The monoisotopic (exact) mass is 456 g/mol. The molecule has 2 rings (SSSR count). The van der Waals surface area contributed by atoms with Gasteiger partial charge in [0, 0.05) is 37.8 Å². The van der Waals surface area contributed by atoms with Crippen molar-refractivity contribution in [1.82, 2.24) is 15.1 Å². The fourth-order valence-corrected chi connectivity index (χ4v) is 3.31. The molecule has 1 saturated heterocycles. The van der Waals surface area contributed by atoms with Crippen LogP contribution in [-0.4, -0.2) is 59.9 Å². The van der Waals surface area contributed by atoms with Crippen molar-refractivity contribution >= 4 is 23.5 Å². The van der Waals surface area contributed by atoms with Crippen LogP contribution in [0.25, 0.3) is 0 Å². The highest BCUT2D eigenvalue weighted by Crippen LogP contribution is 2.30. The number of nitrogens with zero attached hydrogens (tertiary/aromatic N) is 2. The van der Waals surface area contributed by atoms with E-state index in [0.717, 1.165) is 12.1 Å². The number of piperazine rings is 1. The standard InChI is InChI=1S/C22H31F3N4O3/c1-5-15(4)18(27-19(30)14(2)3)20(31)28-9-11-29(12-10-28)21(32)26-17-8-6-7-16(13-17)22(23,24)25/h6-8,13-15,18H,5,9-12H2,1-4H3,(H,26,32)(H,27,30). The van der Waals surface area contributed by atoms with Gasteiger partial charge in [0.05, 0.1) is 5.56 Å². The Morgan fingerprint density at radius 2 is 1.62 bits per heavy atom. The number of anilines is 1. The smallest absolute Gasteiger partial charge is 0.344 e. The Bertz CT molecular complexity index is 821. The number of hydrogen-bond acceptors (Lipinski definition) is 3. The predicted molar refractivity (Wildman–Crippen MR) is 115 cm³/mol. The second-order valence-corrected chi connectivity index (χ2v) is 8.35. The maximum absolute atomic E-state index is 13.0. The van der Waals surface area contributed by atoms with Crippen molar-refractivity contribution in [3.05, 3.63) is 29.8 Å². The maximum atomic E-state index is 13.0. The number of nitrogens with one attached hydrogen (secondary N) is 2. The van der Waals surface area contributed by atoms with Crippen molar-refractivity contribution in [2.45, 2.75) is 46.3 Å². The second-order valence-electron chi connectivity index (χ2n) is 8.35. The first kappa shape index (κ1) is 25.5. The lowest BCUT2D eigenvalue weighted by molar-refractivity contribution is -0.139. The van der Waals surface area contributed by atoms with Crippen LogP contribution in [0.2, 0.25) is 0 Å². The summed E-state index contributed by atoms with van der Waals surface area (Å²) in [5.41, 5.74) is -0.790. The number of carbonyl (C=O) groups excluding carboxylic acids is 3. The number of rotatable bonds is 6. The molecule has 0 saturated carbocycles. The number of carbonyl (C=O) groups is 3. The summed E-state index contributed by atoms with van der Waals surface area (Å²) in [6.07, 6.45) is -3.78. The van der Waals surface area contributed by atoms with Crippen LogP contribution in [0.5, 0.6) is 0 Å². The van der Waals surface area contributed by atoms with Crippen LogP contribution >= 0.6 is 0 Å². The highest BCUT2D eigenvalue weighted by atomic mass is 19.4. The van der Waals surface area contributed by atoms with E-state index in [2.05, 4.69) is 10.6 Å². The Labute approximate surface area is 186 Å². The topological polar surface area (TPSA) is 81.8 Å². The lowest BCUT2D eigenvalue weighted by Crippen LogP contribution is -2.58. The number of benzene rings is 1. The van der Waals surface area contributed by atoms with E-state index < -0.39 is 23.8 Å². The first-order valence-corrected chi connectivity index (χ1v) is 10.8. The quantitative estimate of drug-likeness (QED) is 0.687. The van der Waals surface area contributed by atoms with Crippen LogP contribution in [0.1, 0.15) is 39.7 Å². The van der Waals surface area contributed by atoms with E-state index in [1.165, 1.54) is 17.0 Å². The SMILES string of the molecule is CCC(C)C(NC(=O)C(C)C)C(=O)N1CCN(C(=O)Nc2cccc(C(F)(F)F)c2)CC1. The van der Waals surface area contributed by atoms with Crippen molar-refractivity contribution in [2.75, 3.05) is 31.5 Å². The van der Waals surface area contributed by atoms with Crippen molar-refractivity contribution in [2.24, 2.45) is 11.8 Å². The van der Waals surface area contributed by atoms with Gasteiger partial charge in [0.15, 0.2) is 0 Å². The van der Waals surface area contributed by atoms with Crippen molar-refractivity contribution in [1.29, 1.82) is 0 Å². The Kier molecular flexibility index (Phi) is 8.51. The van der Waals surface area contributed by atoms with Gasteiger partial charge in [-0.15, -0.1) is 0 Å². The van der Waals surface area contributed by atoms with Crippen LogP contribution < -0.4 is 10.6 Å². The minimum Gasteiger partial charge on any atom is -0.344 e. The molecule has 4 amide bonds. The molecule has 1 heterocycles. The van der Waals surface area contributed by atoms with Crippen LogP contribution in [0.4, 0.5) is 23.7 Å². The predicted octanol–water partition coefficient (Wildman–Crippen LogP) is 3.57. The summed E-state index contributed by atoms with van der Waals surface area (Å²) in [4.78, 5) is 40.7. The molecule has 0 aliphatic carbocycles. The molecule has 10 heteroatoms. The number of alkyl halides is 3. The summed E-state index contributed by atoms with van der Waals surface area (Å²) < 4.78 is 38.6. The molecule has 7 nitrogen and oxygen atoms in total. The average Bonchev–Trinajstić information content (AvgIpc) is 2.75. The third kappa shape index (κ3) is 6.61. The van der Waals surface area contributed by atoms with Crippen molar-refractivity contribution in [3.63, 3.8) is 0 Å². The summed E-state index contributed by atoms with van der Waals surface area (Å²) in [7, 11) is 0. The molecule has 0 spiro atoms. The molecule has 1 aromatic carbocycles. The molecule has 0 bridgehead atoms. The second kappa shape index (κ2) is 10.7. The van der Waals surface area contributed by atoms with Gasteiger partial charge in [0.25, 0.3) is 0 Å². The molecule has 178 valence electrons. The van der Waals surface area contributed by atoms with Crippen molar-refractivity contribution < 1.29 is 27.6 Å². The third-order valence-electron chi connectivity index (χ3n) is 5.62. The Hall–Kier alpha value is -2.78. The molecule has 1 aliphatic heterocycles. The number of hydrogen-bond donors (Lipinski definition) is 2. The fourth-order valence-electron chi connectivity index (χ4n) is 3.31. The first-order chi connectivity index (χ1) is 14.9. The third-order valence-corrected chi connectivity index (χ3v) is 5.62. The lowest BCUT2D eigenvalue weighted by atomic mass is 9.96. The molecule has 0 aromatic heterocycles. The van der Waals surface area contributed by atoms with Crippen LogP contribution in [0.15, 0.2) is 24.3 Å². The molecule has 1 aliphatic rings. The summed E-state index contributed by atoms with van der Waals surface area (Å²) in [5, 5.41) is 5.32. The van der Waals surface area contributed by atoms with Gasteiger partial charge in [-0.1, -0.05) is 40.2 Å².